The highest BCUT2D eigenvalue weighted by Gasteiger charge is 2.06. The van der Waals surface area contributed by atoms with Gasteiger partial charge in [0.1, 0.15) is 0 Å². The number of benzene rings is 2. The van der Waals surface area contributed by atoms with E-state index in [1.54, 1.807) is 0 Å². The summed E-state index contributed by atoms with van der Waals surface area (Å²) in [6.45, 7) is 6.86. The van der Waals surface area contributed by atoms with Gasteiger partial charge in [0.15, 0.2) is 0 Å². The smallest absolute Gasteiger partial charge is 0.0471 e. The maximum Gasteiger partial charge on any atom is 0.0471 e. The van der Waals surface area contributed by atoms with Crippen LogP contribution in [-0.2, 0) is 13.1 Å². The van der Waals surface area contributed by atoms with E-state index in [9.17, 15) is 0 Å². The van der Waals surface area contributed by atoms with Gasteiger partial charge in [0, 0.05) is 30.8 Å². The van der Waals surface area contributed by atoms with Crippen LogP contribution >= 0.6 is 11.6 Å². The Labute approximate surface area is 132 Å². The van der Waals surface area contributed by atoms with E-state index in [-0.39, 0.29) is 0 Å². The van der Waals surface area contributed by atoms with Crippen molar-refractivity contribution in [3.8, 4) is 0 Å². The van der Waals surface area contributed by atoms with Crippen LogP contribution in [0.5, 0.6) is 0 Å². The monoisotopic (exact) mass is 302 g/mol. The van der Waals surface area contributed by atoms with E-state index in [0.717, 1.165) is 35.9 Å². The maximum absolute atomic E-state index is 6.37. The predicted molar refractivity (Wildman–Crippen MR) is 92.1 cm³/mol. The molecule has 0 saturated carbocycles. The van der Waals surface area contributed by atoms with Gasteiger partial charge in [-0.1, -0.05) is 54.4 Å². The number of anilines is 1. The highest BCUT2D eigenvalue weighted by Crippen LogP contribution is 2.24. The first kappa shape index (κ1) is 15.9. The topological polar surface area (TPSA) is 15.3 Å². The summed E-state index contributed by atoms with van der Waals surface area (Å²) in [4.78, 5) is 2.22. The fourth-order valence-electron chi connectivity index (χ4n) is 2.35. The maximum atomic E-state index is 6.37. The number of hydrogen-bond donors (Lipinski definition) is 1. The lowest BCUT2D eigenvalue weighted by atomic mass is 10.1. The van der Waals surface area contributed by atoms with E-state index in [0.29, 0.717) is 0 Å². The molecule has 112 valence electrons. The van der Waals surface area contributed by atoms with Crippen molar-refractivity contribution in [1.29, 1.82) is 0 Å². The second-order valence-electron chi connectivity index (χ2n) is 5.40. The molecule has 0 fully saturated rings. The third-order valence-corrected chi connectivity index (χ3v) is 3.90. The highest BCUT2D eigenvalue weighted by molar-refractivity contribution is 6.31. The van der Waals surface area contributed by atoms with Crippen LogP contribution in [0.15, 0.2) is 42.5 Å². The molecule has 2 aromatic carbocycles. The first-order chi connectivity index (χ1) is 10.1. The molecule has 2 aromatic rings. The van der Waals surface area contributed by atoms with E-state index in [2.05, 4.69) is 67.5 Å². The molecule has 0 heterocycles. The lowest BCUT2D eigenvalue weighted by Gasteiger charge is -2.20. The molecular weight excluding hydrogens is 280 g/mol. The summed E-state index contributed by atoms with van der Waals surface area (Å²) >= 11 is 6.37. The van der Waals surface area contributed by atoms with Crippen molar-refractivity contribution in [3.05, 3.63) is 64.2 Å². The standard InChI is InChI=1S/C18H23ClN2/c1-4-20-12-16-8-9-17(11-18(16)19)21(3)13-15-7-5-6-14(2)10-15/h5-11,20H,4,12-13H2,1-3H3. The Balaban J connectivity index is 2.08. The average molecular weight is 303 g/mol. The predicted octanol–water partition coefficient (Wildman–Crippen LogP) is 4.39. The van der Waals surface area contributed by atoms with Crippen molar-refractivity contribution in [2.24, 2.45) is 0 Å². The van der Waals surface area contributed by atoms with Crippen LogP contribution in [0.3, 0.4) is 0 Å². The quantitative estimate of drug-likeness (QED) is 0.851. The van der Waals surface area contributed by atoms with Gasteiger partial charge < -0.3 is 10.2 Å². The van der Waals surface area contributed by atoms with Gasteiger partial charge in [-0.05, 0) is 36.7 Å². The van der Waals surface area contributed by atoms with Crippen molar-refractivity contribution < 1.29 is 0 Å². The number of nitrogens with one attached hydrogen (secondary N) is 1. The summed E-state index contributed by atoms with van der Waals surface area (Å²) in [6.07, 6.45) is 0. The van der Waals surface area contributed by atoms with Crippen molar-refractivity contribution in [1.82, 2.24) is 5.32 Å². The summed E-state index contributed by atoms with van der Waals surface area (Å²) in [7, 11) is 2.10. The largest absolute Gasteiger partial charge is 0.370 e. The van der Waals surface area contributed by atoms with Crippen molar-refractivity contribution in [2.75, 3.05) is 18.5 Å². The third-order valence-electron chi connectivity index (χ3n) is 3.55. The minimum Gasteiger partial charge on any atom is -0.370 e. The van der Waals surface area contributed by atoms with Crippen molar-refractivity contribution in [2.45, 2.75) is 26.9 Å². The van der Waals surface area contributed by atoms with Gasteiger partial charge >= 0.3 is 0 Å². The second-order valence-corrected chi connectivity index (χ2v) is 5.81. The van der Waals surface area contributed by atoms with Crippen LogP contribution in [0.25, 0.3) is 0 Å². The summed E-state index contributed by atoms with van der Waals surface area (Å²) in [6, 6.07) is 14.9. The molecule has 0 aromatic heterocycles. The van der Waals surface area contributed by atoms with Gasteiger partial charge in [-0.2, -0.15) is 0 Å². The Morgan fingerprint density at radius 2 is 1.95 bits per heavy atom. The third kappa shape index (κ3) is 4.48. The van der Waals surface area contributed by atoms with Crippen molar-refractivity contribution >= 4 is 17.3 Å². The minimum atomic E-state index is 0.817. The Bertz CT molecular complexity index is 596. The molecule has 0 spiro atoms. The van der Waals surface area contributed by atoms with Gasteiger partial charge in [-0.15, -0.1) is 0 Å². The first-order valence-corrected chi connectivity index (χ1v) is 7.73. The lowest BCUT2D eigenvalue weighted by Crippen LogP contribution is -2.17. The highest BCUT2D eigenvalue weighted by atomic mass is 35.5. The molecule has 2 rings (SSSR count). The van der Waals surface area contributed by atoms with Crippen molar-refractivity contribution in [3.63, 3.8) is 0 Å². The van der Waals surface area contributed by atoms with Gasteiger partial charge in [0.2, 0.25) is 0 Å². The molecule has 2 nitrogen and oxygen atoms in total. The average Bonchev–Trinajstić information content (AvgIpc) is 2.46. The Morgan fingerprint density at radius 3 is 2.62 bits per heavy atom. The molecule has 0 amide bonds. The fourth-order valence-corrected chi connectivity index (χ4v) is 2.59. The zero-order valence-electron chi connectivity index (χ0n) is 13.0. The van der Waals surface area contributed by atoms with E-state index in [1.807, 2.05) is 6.07 Å². The van der Waals surface area contributed by atoms with E-state index >= 15 is 0 Å². The van der Waals surface area contributed by atoms with Crippen LogP contribution in [-0.4, -0.2) is 13.6 Å². The van der Waals surface area contributed by atoms with E-state index in [1.165, 1.54) is 11.1 Å². The van der Waals surface area contributed by atoms with E-state index < -0.39 is 0 Å². The molecule has 21 heavy (non-hydrogen) atoms. The lowest BCUT2D eigenvalue weighted by molar-refractivity contribution is 0.727. The Morgan fingerprint density at radius 1 is 1.14 bits per heavy atom. The minimum absolute atomic E-state index is 0.817. The number of hydrogen-bond acceptors (Lipinski definition) is 2. The van der Waals surface area contributed by atoms with Gasteiger partial charge in [-0.3, -0.25) is 0 Å². The molecule has 0 saturated heterocycles. The first-order valence-electron chi connectivity index (χ1n) is 7.36. The Hall–Kier alpha value is -1.51. The fraction of sp³-hybridized carbons (Fsp3) is 0.333. The summed E-state index contributed by atoms with van der Waals surface area (Å²) in [5.74, 6) is 0. The molecule has 0 aliphatic heterocycles. The molecule has 0 atom stereocenters. The van der Waals surface area contributed by atoms with Crippen LogP contribution in [0.1, 0.15) is 23.6 Å². The summed E-state index contributed by atoms with van der Waals surface area (Å²) in [5.41, 5.74) is 4.89. The van der Waals surface area contributed by atoms with E-state index in [4.69, 9.17) is 11.6 Å². The number of rotatable bonds is 6. The van der Waals surface area contributed by atoms with Gasteiger partial charge in [0.05, 0.1) is 0 Å². The molecule has 0 radical (unpaired) electrons. The zero-order valence-corrected chi connectivity index (χ0v) is 13.7. The molecule has 0 bridgehead atoms. The van der Waals surface area contributed by atoms with Gasteiger partial charge in [-0.25, -0.2) is 0 Å². The zero-order chi connectivity index (χ0) is 15.2. The molecular formula is C18H23ClN2. The normalized spacial score (nSPS) is 10.7. The summed E-state index contributed by atoms with van der Waals surface area (Å²) in [5, 5.41) is 4.13. The number of halogens is 1. The second kappa shape index (κ2) is 7.48. The molecule has 3 heteroatoms. The van der Waals surface area contributed by atoms with Gasteiger partial charge in [0.25, 0.3) is 0 Å². The van der Waals surface area contributed by atoms with Crippen LogP contribution < -0.4 is 10.2 Å². The van der Waals surface area contributed by atoms with Crippen LogP contribution in [0.2, 0.25) is 5.02 Å². The molecule has 0 aliphatic carbocycles. The SMILES string of the molecule is CCNCc1ccc(N(C)Cc2cccc(C)c2)cc1Cl. The van der Waals surface area contributed by atoms with Crippen LogP contribution in [0.4, 0.5) is 5.69 Å². The summed E-state index contributed by atoms with van der Waals surface area (Å²) < 4.78 is 0. The molecule has 0 unspecified atom stereocenters. The molecule has 0 aliphatic rings. The number of nitrogens with zero attached hydrogens (tertiary/aromatic N) is 1. The Kier molecular flexibility index (Phi) is 5.66. The van der Waals surface area contributed by atoms with Crippen LogP contribution in [0, 0.1) is 6.92 Å². The number of aryl methyl sites for hydroxylation is 1. The molecule has 1 N–H and O–H groups in total.